The molecule has 0 aliphatic heterocycles. The molecule has 0 radical (unpaired) electrons. The predicted octanol–water partition coefficient (Wildman–Crippen LogP) is 5.39. The van der Waals surface area contributed by atoms with Crippen molar-refractivity contribution in [3.63, 3.8) is 0 Å². The number of benzene rings is 2. The van der Waals surface area contributed by atoms with Gasteiger partial charge in [-0.3, -0.25) is 9.48 Å². The summed E-state index contributed by atoms with van der Waals surface area (Å²) in [5, 5.41) is 5.54. The minimum absolute atomic E-state index is 0.217. The highest BCUT2D eigenvalue weighted by Crippen LogP contribution is 2.29. The van der Waals surface area contributed by atoms with Crippen LogP contribution < -0.4 is 4.74 Å². The Labute approximate surface area is 182 Å². The Morgan fingerprint density at radius 3 is 2.57 bits per heavy atom. The average Bonchev–Trinajstić information content (AvgIpc) is 3.16. The zero-order valence-electron chi connectivity index (χ0n) is 17.8. The van der Waals surface area contributed by atoms with Crippen LogP contribution in [0.5, 0.6) is 5.75 Å². The highest BCUT2D eigenvalue weighted by Gasteiger charge is 2.28. The van der Waals surface area contributed by atoms with E-state index >= 15 is 0 Å². The van der Waals surface area contributed by atoms with Gasteiger partial charge in [-0.25, -0.2) is 0 Å². The second kappa shape index (κ2) is 9.35. The minimum atomic E-state index is -0.572. The number of halogens is 1. The molecule has 1 aromatic heterocycles. The van der Waals surface area contributed by atoms with Gasteiger partial charge in [0.25, 0.3) is 0 Å². The van der Waals surface area contributed by atoms with Crippen molar-refractivity contribution in [1.82, 2.24) is 9.78 Å². The Balaban J connectivity index is 1.94. The van der Waals surface area contributed by atoms with E-state index in [1.54, 1.807) is 7.11 Å². The van der Waals surface area contributed by atoms with Gasteiger partial charge in [-0.05, 0) is 56.5 Å². The number of carbonyl (C=O) groups excluding carboxylic acids is 1. The van der Waals surface area contributed by atoms with Gasteiger partial charge in [0.1, 0.15) is 5.75 Å². The van der Waals surface area contributed by atoms with E-state index in [1.807, 2.05) is 67.1 Å². The van der Waals surface area contributed by atoms with Gasteiger partial charge < -0.3 is 9.47 Å². The van der Waals surface area contributed by atoms with Gasteiger partial charge in [0.2, 0.25) is 0 Å². The highest BCUT2D eigenvalue weighted by atomic mass is 35.5. The van der Waals surface area contributed by atoms with Crippen LogP contribution in [-0.2, 0) is 22.5 Å². The van der Waals surface area contributed by atoms with Gasteiger partial charge >= 0.3 is 5.97 Å². The molecule has 3 rings (SSSR count). The number of nitrogens with zero attached hydrogens (tertiary/aromatic N) is 2. The molecule has 1 heterocycles. The number of rotatable bonds is 8. The third kappa shape index (κ3) is 5.03. The molecule has 0 aliphatic rings. The first-order valence-electron chi connectivity index (χ1n) is 9.87. The maximum Gasteiger partial charge on any atom is 0.311 e. The predicted molar refractivity (Wildman–Crippen MR) is 119 cm³/mol. The Morgan fingerprint density at radius 2 is 1.87 bits per heavy atom. The SMILES string of the molecule is COC(=O)C(C)(C)CCc1cc(-c2cccc(OC)c2)n(Cc2ccccc2Cl)n1. The molecule has 5 nitrogen and oxygen atoms in total. The molecule has 0 N–H and O–H groups in total. The van der Waals surface area contributed by atoms with E-state index in [0.29, 0.717) is 24.4 Å². The highest BCUT2D eigenvalue weighted by molar-refractivity contribution is 6.31. The van der Waals surface area contributed by atoms with Gasteiger partial charge in [-0.15, -0.1) is 0 Å². The van der Waals surface area contributed by atoms with Gasteiger partial charge in [0, 0.05) is 10.6 Å². The maximum absolute atomic E-state index is 12.0. The molecule has 158 valence electrons. The lowest BCUT2D eigenvalue weighted by Gasteiger charge is -2.20. The van der Waals surface area contributed by atoms with Gasteiger partial charge in [-0.2, -0.15) is 5.10 Å². The Morgan fingerprint density at radius 1 is 1.10 bits per heavy atom. The number of aryl methyl sites for hydroxylation is 1. The van der Waals surface area contributed by atoms with Crippen molar-refractivity contribution >= 4 is 17.6 Å². The molecule has 0 bridgehead atoms. The molecule has 0 amide bonds. The molecule has 0 atom stereocenters. The number of ether oxygens (including phenoxy) is 2. The normalized spacial score (nSPS) is 11.4. The first-order valence-corrected chi connectivity index (χ1v) is 10.2. The van der Waals surface area contributed by atoms with E-state index in [-0.39, 0.29) is 5.97 Å². The van der Waals surface area contributed by atoms with Crippen molar-refractivity contribution in [2.24, 2.45) is 5.41 Å². The summed E-state index contributed by atoms with van der Waals surface area (Å²) in [7, 11) is 3.07. The molecule has 30 heavy (non-hydrogen) atoms. The lowest BCUT2D eigenvalue weighted by molar-refractivity contribution is -0.151. The molecule has 3 aromatic rings. The first-order chi connectivity index (χ1) is 14.3. The van der Waals surface area contributed by atoms with Gasteiger partial charge in [0.15, 0.2) is 0 Å². The van der Waals surface area contributed by atoms with E-state index in [1.165, 1.54) is 7.11 Å². The summed E-state index contributed by atoms with van der Waals surface area (Å²) in [6, 6.07) is 17.7. The number of esters is 1. The molecular formula is C24H27ClN2O3. The Kier molecular flexibility index (Phi) is 6.83. The minimum Gasteiger partial charge on any atom is -0.497 e. The third-order valence-corrected chi connectivity index (χ3v) is 5.59. The smallest absolute Gasteiger partial charge is 0.311 e. The lowest BCUT2D eigenvalue weighted by Crippen LogP contribution is -2.26. The largest absolute Gasteiger partial charge is 0.497 e. The molecule has 0 spiro atoms. The summed E-state index contributed by atoms with van der Waals surface area (Å²) >= 11 is 6.39. The fourth-order valence-electron chi connectivity index (χ4n) is 3.33. The zero-order chi connectivity index (χ0) is 21.7. The van der Waals surface area contributed by atoms with Gasteiger partial charge in [0.05, 0.1) is 37.6 Å². The molecule has 0 aliphatic carbocycles. The summed E-state index contributed by atoms with van der Waals surface area (Å²) in [6.07, 6.45) is 1.30. The summed E-state index contributed by atoms with van der Waals surface area (Å²) in [6.45, 7) is 4.33. The van der Waals surface area contributed by atoms with Crippen LogP contribution in [0.1, 0.15) is 31.5 Å². The van der Waals surface area contributed by atoms with Crippen LogP contribution >= 0.6 is 11.6 Å². The van der Waals surface area contributed by atoms with Crippen LogP contribution in [0, 0.1) is 5.41 Å². The van der Waals surface area contributed by atoms with Crippen molar-refractivity contribution in [3.8, 4) is 17.0 Å². The van der Waals surface area contributed by atoms with E-state index in [4.69, 9.17) is 26.2 Å². The molecule has 0 unspecified atom stereocenters. The summed E-state index contributed by atoms with van der Waals surface area (Å²) in [5.74, 6) is 0.567. The van der Waals surface area contributed by atoms with Crippen molar-refractivity contribution < 1.29 is 14.3 Å². The van der Waals surface area contributed by atoms with E-state index in [9.17, 15) is 4.79 Å². The number of methoxy groups -OCH3 is 2. The van der Waals surface area contributed by atoms with Crippen molar-refractivity contribution in [2.75, 3.05) is 14.2 Å². The van der Waals surface area contributed by atoms with Crippen LogP contribution in [0.25, 0.3) is 11.3 Å². The fraction of sp³-hybridized carbons (Fsp3) is 0.333. The molecule has 0 saturated carbocycles. The quantitative estimate of drug-likeness (QED) is 0.453. The summed E-state index contributed by atoms with van der Waals surface area (Å²) < 4.78 is 12.3. The van der Waals surface area contributed by atoms with Crippen LogP contribution in [0.2, 0.25) is 5.02 Å². The second-order valence-corrected chi connectivity index (χ2v) is 8.28. The van der Waals surface area contributed by atoms with Crippen LogP contribution in [0.3, 0.4) is 0 Å². The van der Waals surface area contributed by atoms with Gasteiger partial charge in [-0.1, -0.05) is 41.9 Å². The number of hydrogen-bond donors (Lipinski definition) is 0. The van der Waals surface area contributed by atoms with Crippen LogP contribution in [-0.4, -0.2) is 30.0 Å². The summed E-state index contributed by atoms with van der Waals surface area (Å²) in [5.41, 5.74) is 3.31. The topological polar surface area (TPSA) is 53.4 Å². The molecule has 2 aromatic carbocycles. The van der Waals surface area contributed by atoms with E-state index < -0.39 is 5.41 Å². The maximum atomic E-state index is 12.0. The third-order valence-electron chi connectivity index (χ3n) is 5.22. The average molecular weight is 427 g/mol. The van der Waals surface area contributed by atoms with Crippen molar-refractivity contribution in [3.05, 3.63) is 70.9 Å². The molecule has 0 saturated heterocycles. The second-order valence-electron chi connectivity index (χ2n) is 7.88. The van der Waals surface area contributed by atoms with Crippen LogP contribution in [0.4, 0.5) is 0 Å². The molecular weight excluding hydrogens is 400 g/mol. The monoisotopic (exact) mass is 426 g/mol. The molecule has 6 heteroatoms. The van der Waals surface area contributed by atoms with Crippen molar-refractivity contribution in [1.29, 1.82) is 0 Å². The van der Waals surface area contributed by atoms with Crippen LogP contribution in [0.15, 0.2) is 54.6 Å². The molecule has 0 fully saturated rings. The zero-order valence-corrected chi connectivity index (χ0v) is 18.6. The standard InChI is InChI=1S/C24H27ClN2O3/c1-24(2,23(28)30-4)13-12-19-15-22(17-9-7-10-20(14-17)29-3)27(26-19)16-18-8-5-6-11-21(18)25/h5-11,14-15H,12-13,16H2,1-4H3. The summed E-state index contributed by atoms with van der Waals surface area (Å²) in [4.78, 5) is 12.0. The Bertz CT molecular complexity index is 1030. The first kappa shape index (κ1) is 21.9. The number of carbonyl (C=O) groups is 1. The number of hydrogen-bond acceptors (Lipinski definition) is 4. The Hall–Kier alpha value is -2.79. The fourth-order valence-corrected chi connectivity index (χ4v) is 3.53. The van der Waals surface area contributed by atoms with E-state index in [2.05, 4.69) is 6.07 Å². The van der Waals surface area contributed by atoms with E-state index in [0.717, 1.165) is 28.3 Å². The van der Waals surface area contributed by atoms with Crippen molar-refractivity contribution in [2.45, 2.75) is 33.2 Å². The lowest BCUT2D eigenvalue weighted by atomic mass is 9.87. The number of aromatic nitrogens is 2.